The van der Waals surface area contributed by atoms with E-state index in [0.29, 0.717) is 0 Å². The van der Waals surface area contributed by atoms with Gasteiger partial charge in [-0.2, -0.15) is 0 Å². The number of nitrogens with one attached hydrogen (secondary N) is 1. The Balaban J connectivity index is 1.98. The molecule has 0 radical (unpaired) electrons. The fourth-order valence-electron chi connectivity index (χ4n) is 2.55. The lowest BCUT2D eigenvalue weighted by Crippen LogP contribution is -2.23. The number of hydrogen-bond donors (Lipinski definition) is 1. The van der Waals surface area contributed by atoms with Gasteiger partial charge in [0.15, 0.2) is 0 Å². The zero-order chi connectivity index (χ0) is 13.7. The van der Waals surface area contributed by atoms with Gasteiger partial charge >= 0.3 is 0 Å². The molecule has 106 valence electrons. The summed E-state index contributed by atoms with van der Waals surface area (Å²) in [6.07, 6.45) is 5.68. The van der Waals surface area contributed by atoms with Gasteiger partial charge in [0.1, 0.15) is 0 Å². The van der Waals surface area contributed by atoms with E-state index in [1.165, 1.54) is 18.4 Å². The van der Waals surface area contributed by atoms with Crippen molar-refractivity contribution in [1.82, 2.24) is 15.3 Å². The molecule has 1 saturated heterocycles. The van der Waals surface area contributed by atoms with Crippen molar-refractivity contribution in [3.05, 3.63) is 17.5 Å². The molecular weight excluding hydrogens is 236 g/mol. The second-order valence-corrected chi connectivity index (χ2v) is 5.47. The lowest BCUT2D eigenvalue weighted by molar-refractivity contribution is 0.568. The van der Waals surface area contributed by atoms with Gasteiger partial charge in [0.25, 0.3) is 0 Å². The van der Waals surface area contributed by atoms with Gasteiger partial charge in [-0.25, -0.2) is 9.97 Å². The summed E-state index contributed by atoms with van der Waals surface area (Å²) in [4.78, 5) is 11.5. The first-order chi connectivity index (χ1) is 9.24. The monoisotopic (exact) mass is 262 g/mol. The Labute approximate surface area is 116 Å². The molecule has 1 aromatic rings. The molecule has 0 amide bonds. The molecule has 1 N–H and O–H groups in total. The van der Waals surface area contributed by atoms with Crippen LogP contribution in [0.5, 0.6) is 0 Å². The topological polar surface area (TPSA) is 41.1 Å². The van der Waals surface area contributed by atoms with Gasteiger partial charge in [-0.3, -0.25) is 0 Å². The molecule has 4 nitrogen and oxygen atoms in total. The first kappa shape index (κ1) is 14.3. The van der Waals surface area contributed by atoms with E-state index in [9.17, 15) is 0 Å². The van der Waals surface area contributed by atoms with Crippen LogP contribution in [0.4, 0.5) is 5.95 Å². The maximum atomic E-state index is 4.68. The summed E-state index contributed by atoms with van der Waals surface area (Å²) >= 11 is 0. The third kappa shape index (κ3) is 3.66. The second kappa shape index (κ2) is 6.85. The number of aromatic nitrogens is 2. The molecule has 1 atom stereocenters. The molecule has 0 saturated carbocycles. The first-order valence-corrected chi connectivity index (χ1v) is 7.52. The molecule has 19 heavy (non-hydrogen) atoms. The van der Waals surface area contributed by atoms with Crippen LogP contribution in [0.1, 0.15) is 44.4 Å². The quantitative estimate of drug-likeness (QED) is 0.800. The number of nitrogens with zero attached hydrogens (tertiary/aromatic N) is 3. The highest BCUT2D eigenvalue weighted by Gasteiger charge is 2.23. The standard InChI is InChI=1S/C15H26N4/c1-4-7-16-9-14-10-17-15(18-12(14)3)19-8-6-13(5-2)11-19/h10,13,16H,4-9,11H2,1-3H3. The van der Waals surface area contributed by atoms with Crippen molar-refractivity contribution in [2.24, 2.45) is 5.92 Å². The van der Waals surface area contributed by atoms with Gasteiger partial charge in [-0.1, -0.05) is 20.3 Å². The highest BCUT2D eigenvalue weighted by Crippen LogP contribution is 2.23. The molecule has 1 aromatic heterocycles. The molecule has 1 unspecified atom stereocenters. The van der Waals surface area contributed by atoms with E-state index in [1.807, 2.05) is 6.20 Å². The summed E-state index contributed by atoms with van der Waals surface area (Å²) in [6.45, 7) is 10.7. The van der Waals surface area contributed by atoms with Crippen molar-refractivity contribution < 1.29 is 0 Å². The van der Waals surface area contributed by atoms with Crippen LogP contribution in [0, 0.1) is 12.8 Å². The van der Waals surface area contributed by atoms with Crippen LogP contribution in [0.2, 0.25) is 0 Å². The molecular formula is C15H26N4. The Bertz CT molecular complexity index is 405. The highest BCUT2D eigenvalue weighted by atomic mass is 15.3. The second-order valence-electron chi connectivity index (χ2n) is 5.47. The Morgan fingerprint density at radius 3 is 2.89 bits per heavy atom. The Morgan fingerprint density at radius 2 is 2.26 bits per heavy atom. The van der Waals surface area contributed by atoms with Crippen LogP contribution in [-0.2, 0) is 6.54 Å². The number of anilines is 1. The van der Waals surface area contributed by atoms with Crippen LogP contribution in [0.3, 0.4) is 0 Å². The zero-order valence-corrected chi connectivity index (χ0v) is 12.4. The molecule has 1 aliphatic heterocycles. The van der Waals surface area contributed by atoms with Crippen LogP contribution in [0.15, 0.2) is 6.20 Å². The summed E-state index contributed by atoms with van der Waals surface area (Å²) in [5.41, 5.74) is 2.32. The van der Waals surface area contributed by atoms with Crippen LogP contribution in [0.25, 0.3) is 0 Å². The lowest BCUT2D eigenvalue weighted by Gasteiger charge is -2.17. The summed E-state index contributed by atoms with van der Waals surface area (Å²) in [5, 5.41) is 3.40. The molecule has 4 heteroatoms. The highest BCUT2D eigenvalue weighted by molar-refractivity contribution is 5.34. The van der Waals surface area contributed by atoms with Crippen LogP contribution < -0.4 is 10.2 Å². The largest absolute Gasteiger partial charge is 0.341 e. The van der Waals surface area contributed by atoms with Crippen LogP contribution in [-0.4, -0.2) is 29.6 Å². The fraction of sp³-hybridized carbons (Fsp3) is 0.733. The Kier molecular flexibility index (Phi) is 5.14. The number of hydrogen-bond acceptors (Lipinski definition) is 4. The zero-order valence-electron chi connectivity index (χ0n) is 12.4. The molecule has 1 fully saturated rings. The van der Waals surface area contributed by atoms with Crippen LogP contribution >= 0.6 is 0 Å². The molecule has 0 aliphatic carbocycles. The fourth-order valence-corrected chi connectivity index (χ4v) is 2.55. The average Bonchev–Trinajstić information content (AvgIpc) is 2.89. The molecule has 2 heterocycles. The molecule has 2 rings (SSSR count). The normalized spacial score (nSPS) is 19.1. The van der Waals surface area contributed by atoms with Gasteiger partial charge < -0.3 is 10.2 Å². The summed E-state index contributed by atoms with van der Waals surface area (Å²) in [5.74, 6) is 1.72. The number of rotatable bonds is 6. The van der Waals surface area contributed by atoms with E-state index in [2.05, 4.69) is 41.0 Å². The molecule has 0 aromatic carbocycles. The Morgan fingerprint density at radius 1 is 1.42 bits per heavy atom. The van der Waals surface area contributed by atoms with E-state index in [0.717, 1.165) is 50.2 Å². The van der Waals surface area contributed by atoms with E-state index in [4.69, 9.17) is 0 Å². The van der Waals surface area contributed by atoms with Crippen molar-refractivity contribution >= 4 is 5.95 Å². The van der Waals surface area contributed by atoms with E-state index >= 15 is 0 Å². The maximum absolute atomic E-state index is 4.68. The summed E-state index contributed by atoms with van der Waals surface area (Å²) in [7, 11) is 0. The van der Waals surface area contributed by atoms with Crippen molar-refractivity contribution in [1.29, 1.82) is 0 Å². The minimum atomic E-state index is 0.815. The van der Waals surface area contributed by atoms with E-state index in [-0.39, 0.29) is 0 Å². The van der Waals surface area contributed by atoms with Gasteiger partial charge in [0, 0.05) is 37.1 Å². The Hall–Kier alpha value is -1.16. The first-order valence-electron chi connectivity index (χ1n) is 7.52. The molecule has 1 aliphatic rings. The predicted octanol–water partition coefficient (Wildman–Crippen LogP) is 2.52. The van der Waals surface area contributed by atoms with E-state index < -0.39 is 0 Å². The third-order valence-electron chi connectivity index (χ3n) is 3.96. The summed E-state index contributed by atoms with van der Waals surface area (Å²) < 4.78 is 0. The third-order valence-corrected chi connectivity index (χ3v) is 3.96. The summed E-state index contributed by atoms with van der Waals surface area (Å²) in [6, 6.07) is 0. The van der Waals surface area contributed by atoms with Crippen molar-refractivity contribution in [2.45, 2.75) is 46.6 Å². The van der Waals surface area contributed by atoms with Gasteiger partial charge in [-0.15, -0.1) is 0 Å². The predicted molar refractivity (Wildman–Crippen MR) is 79.4 cm³/mol. The SMILES string of the molecule is CCCNCc1cnc(N2CCC(CC)C2)nc1C. The van der Waals surface area contributed by atoms with E-state index in [1.54, 1.807) is 0 Å². The minimum absolute atomic E-state index is 0.815. The number of aryl methyl sites for hydroxylation is 1. The van der Waals surface area contributed by atoms with Crippen molar-refractivity contribution in [3.63, 3.8) is 0 Å². The molecule has 0 bridgehead atoms. The average molecular weight is 262 g/mol. The smallest absolute Gasteiger partial charge is 0.225 e. The van der Waals surface area contributed by atoms with Gasteiger partial charge in [0.05, 0.1) is 0 Å². The lowest BCUT2D eigenvalue weighted by atomic mass is 10.1. The van der Waals surface area contributed by atoms with Gasteiger partial charge in [-0.05, 0) is 32.2 Å². The van der Waals surface area contributed by atoms with Crippen molar-refractivity contribution in [2.75, 3.05) is 24.5 Å². The maximum Gasteiger partial charge on any atom is 0.225 e. The van der Waals surface area contributed by atoms with Crippen molar-refractivity contribution in [3.8, 4) is 0 Å². The minimum Gasteiger partial charge on any atom is -0.341 e. The van der Waals surface area contributed by atoms with Gasteiger partial charge in [0.2, 0.25) is 5.95 Å². The molecule has 0 spiro atoms.